The van der Waals surface area contributed by atoms with Crippen LogP contribution in [0.1, 0.15) is 25.7 Å². The molecule has 1 saturated heterocycles. The molecule has 0 amide bonds. The zero-order valence-electron chi connectivity index (χ0n) is 11.2. The molecule has 3 saturated carbocycles. The number of hydrogen-bond acceptors (Lipinski definition) is 1. The Morgan fingerprint density at radius 2 is 1.39 bits per heavy atom. The molecule has 0 aromatic heterocycles. The van der Waals surface area contributed by atoms with Gasteiger partial charge in [-0.15, -0.1) is 0 Å². The first-order chi connectivity index (χ1) is 10.1. The Bertz CT molecular complexity index is 487. The van der Waals surface area contributed by atoms with E-state index in [-0.39, 0.29) is 0 Å². The van der Waals surface area contributed by atoms with Crippen LogP contribution in [0.2, 0.25) is 0 Å². The molecular formula is C12H10F10S. The third-order valence-electron chi connectivity index (χ3n) is 5.48. The molecule has 0 aromatic rings. The number of hydrogen-bond donors (Lipinski definition) is 0. The molecule has 23 heavy (non-hydrogen) atoms. The summed E-state index contributed by atoms with van der Waals surface area (Å²) in [5.74, 6) is -8.72. The topological polar surface area (TPSA) is 0 Å². The maximum Gasteiger partial charge on any atom is 0.403 e. The highest BCUT2D eigenvalue weighted by Crippen LogP contribution is 2.80. The van der Waals surface area contributed by atoms with Gasteiger partial charge in [0.2, 0.25) is 0 Å². The van der Waals surface area contributed by atoms with Crippen LogP contribution < -0.4 is 0 Å². The van der Waals surface area contributed by atoms with E-state index in [1.54, 1.807) is 0 Å². The van der Waals surface area contributed by atoms with Crippen molar-refractivity contribution in [2.24, 2.45) is 17.3 Å². The fourth-order valence-corrected chi connectivity index (χ4v) is 6.18. The summed E-state index contributed by atoms with van der Waals surface area (Å²) in [6.07, 6.45) is -14.9. The van der Waals surface area contributed by atoms with Crippen molar-refractivity contribution in [2.45, 2.75) is 54.0 Å². The summed E-state index contributed by atoms with van der Waals surface area (Å²) in [5.41, 5.74) is -4.16. The summed E-state index contributed by atoms with van der Waals surface area (Å²) in [6.45, 7) is 0. The van der Waals surface area contributed by atoms with E-state index in [0.717, 1.165) is 0 Å². The minimum absolute atomic E-state index is 0.494. The van der Waals surface area contributed by atoms with E-state index in [4.69, 9.17) is 0 Å². The molecule has 1 spiro atoms. The maximum atomic E-state index is 13.5. The summed E-state index contributed by atoms with van der Waals surface area (Å²) in [6, 6.07) is 0. The standard InChI is InChI=1S/C12H10F10S/c13-8(14)4-7(23-12(8,21)22)2-1-5-3-6(7)9(5,10(15,16)17)11(18,19)20/h5-6H,1-4H2/t5-,6+,7+/m1/s1. The number of alkyl halides is 10. The highest BCUT2D eigenvalue weighted by molar-refractivity contribution is 8.02. The molecule has 11 heteroatoms. The number of fused-ring (bicyclic) bond motifs is 1. The van der Waals surface area contributed by atoms with Crippen LogP contribution in [-0.4, -0.2) is 28.3 Å². The number of halogens is 10. The van der Waals surface area contributed by atoms with Gasteiger partial charge >= 0.3 is 23.5 Å². The Kier molecular flexibility index (Phi) is 3.22. The predicted octanol–water partition coefficient (Wildman–Crippen LogP) is 5.63. The van der Waals surface area contributed by atoms with E-state index in [1.165, 1.54) is 0 Å². The zero-order valence-corrected chi connectivity index (χ0v) is 12.0. The Labute approximate surface area is 128 Å². The van der Waals surface area contributed by atoms with Gasteiger partial charge in [-0.2, -0.15) is 43.9 Å². The van der Waals surface area contributed by atoms with Crippen molar-refractivity contribution in [3.05, 3.63) is 0 Å². The van der Waals surface area contributed by atoms with E-state index in [0.29, 0.717) is 0 Å². The Morgan fingerprint density at radius 3 is 1.74 bits per heavy atom. The fourth-order valence-electron chi connectivity index (χ4n) is 4.55. The second-order valence-electron chi connectivity index (χ2n) is 6.45. The SMILES string of the molecule is FC(F)(F)C1(C(F)(F)F)[C@@H]2CC[C@]3(CC(F)(F)C(F)(F)S3)[C@@H]1C2. The van der Waals surface area contributed by atoms with Gasteiger partial charge in [-0.1, -0.05) is 11.8 Å². The van der Waals surface area contributed by atoms with Crippen molar-refractivity contribution in [2.75, 3.05) is 0 Å². The van der Waals surface area contributed by atoms with Crippen LogP contribution in [0.3, 0.4) is 0 Å². The predicted molar refractivity (Wildman–Crippen MR) is 60.2 cm³/mol. The van der Waals surface area contributed by atoms with Crippen molar-refractivity contribution in [1.29, 1.82) is 0 Å². The summed E-state index contributed by atoms with van der Waals surface area (Å²) in [7, 11) is 0. The van der Waals surface area contributed by atoms with Crippen LogP contribution in [0, 0.1) is 17.3 Å². The van der Waals surface area contributed by atoms with Crippen LogP contribution in [-0.2, 0) is 0 Å². The van der Waals surface area contributed by atoms with Crippen LogP contribution in [0.15, 0.2) is 0 Å². The van der Waals surface area contributed by atoms with Crippen molar-refractivity contribution in [3.63, 3.8) is 0 Å². The highest BCUT2D eigenvalue weighted by Gasteiger charge is 2.88. The molecule has 3 aliphatic carbocycles. The molecule has 2 bridgehead atoms. The largest absolute Gasteiger partial charge is 0.403 e. The molecule has 1 heterocycles. The zero-order chi connectivity index (χ0) is 17.7. The summed E-state index contributed by atoms with van der Waals surface area (Å²) >= 11 is -0.705. The van der Waals surface area contributed by atoms with Gasteiger partial charge in [-0.05, 0) is 31.1 Å². The Balaban J connectivity index is 2.09. The molecule has 0 nitrogen and oxygen atoms in total. The molecule has 4 fully saturated rings. The summed E-state index contributed by atoms with van der Waals surface area (Å²) in [5, 5.41) is -4.67. The lowest BCUT2D eigenvalue weighted by Gasteiger charge is -2.65. The molecule has 4 aliphatic rings. The van der Waals surface area contributed by atoms with Gasteiger partial charge in [0.25, 0.3) is 0 Å². The molecule has 4 rings (SSSR count). The molecular weight excluding hydrogens is 366 g/mol. The van der Waals surface area contributed by atoms with Gasteiger partial charge in [0.05, 0.1) is 0 Å². The normalized spacial score (nSPS) is 41.0. The second kappa shape index (κ2) is 4.24. The molecule has 0 radical (unpaired) electrons. The van der Waals surface area contributed by atoms with Crippen LogP contribution in [0.4, 0.5) is 43.9 Å². The lowest BCUT2D eigenvalue weighted by atomic mass is 9.42. The molecule has 0 unspecified atom stereocenters. The summed E-state index contributed by atoms with van der Waals surface area (Å²) < 4.78 is 131. The van der Waals surface area contributed by atoms with E-state index in [9.17, 15) is 43.9 Å². The molecule has 134 valence electrons. The molecule has 0 N–H and O–H groups in total. The first-order valence-electron chi connectivity index (χ1n) is 6.70. The molecule has 0 aromatic carbocycles. The van der Waals surface area contributed by atoms with Gasteiger partial charge < -0.3 is 0 Å². The third kappa shape index (κ3) is 1.88. The van der Waals surface area contributed by atoms with Crippen molar-refractivity contribution < 1.29 is 43.9 Å². The van der Waals surface area contributed by atoms with Crippen LogP contribution >= 0.6 is 11.8 Å². The average molecular weight is 376 g/mol. The number of rotatable bonds is 0. The minimum atomic E-state index is -5.72. The first kappa shape index (κ1) is 17.5. The van der Waals surface area contributed by atoms with E-state index < -0.39 is 83.0 Å². The quantitative estimate of drug-likeness (QED) is 0.494. The summed E-state index contributed by atoms with van der Waals surface area (Å²) in [4.78, 5) is 0. The minimum Gasteiger partial charge on any atom is -0.199 e. The van der Waals surface area contributed by atoms with E-state index in [2.05, 4.69) is 0 Å². The maximum absolute atomic E-state index is 13.5. The second-order valence-corrected chi connectivity index (χ2v) is 7.98. The van der Waals surface area contributed by atoms with Crippen molar-refractivity contribution >= 4 is 11.8 Å². The van der Waals surface area contributed by atoms with Gasteiger partial charge in [0, 0.05) is 11.2 Å². The Hall–Kier alpha value is -0.350. The van der Waals surface area contributed by atoms with E-state index in [1.807, 2.05) is 0 Å². The van der Waals surface area contributed by atoms with Crippen LogP contribution in [0.25, 0.3) is 0 Å². The van der Waals surface area contributed by atoms with Crippen LogP contribution in [0.5, 0.6) is 0 Å². The highest BCUT2D eigenvalue weighted by atomic mass is 32.2. The van der Waals surface area contributed by atoms with Gasteiger partial charge in [0.1, 0.15) is 0 Å². The average Bonchev–Trinajstić information content (AvgIpc) is 2.37. The van der Waals surface area contributed by atoms with Gasteiger partial charge in [-0.3, -0.25) is 0 Å². The monoisotopic (exact) mass is 376 g/mol. The third-order valence-corrected chi connectivity index (χ3v) is 7.08. The Morgan fingerprint density at radius 1 is 0.870 bits per heavy atom. The number of thioether (sulfide) groups is 1. The molecule has 3 atom stereocenters. The molecule has 1 aliphatic heterocycles. The first-order valence-corrected chi connectivity index (χ1v) is 7.52. The van der Waals surface area contributed by atoms with Gasteiger partial charge in [0.15, 0.2) is 5.41 Å². The lowest BCUT2D eigenvalue weighted by Crippen LogP contribution is -2.73. The lowest BCUT2D eigenvalue weighted by molar-refractivity contribution is -0.421. The van der Waals surface area contributed by atoms with Crippen molar-refractivity contribution in [1.82, 2.24) is 0 Å². The fraction of sp³-hybridized carbons (Fsp3) is 1.00. The van der Waals surface area contributed by atoms with E-state index >= 15 is 0 Å². The van der Waals surface area contributed by atoms with Crippen molar-refractivity contribution in [3.8, 4) is 0 Å². The smallest absolute Gasteiger partial charge is 0.199 e. The van der Waals surface area contributed by atoms with Gasteiger partial charge in [-0.25, -0.2) is 0 Å².